The van der Waals surface area contributed by atoms with E-state index in [-0.39, 0.29) is 13.0 Å². The monoisotopic (exact) mass is 299 g/mol. The van der Waals surface area contributed by atoms with Gasteiger partial charge in [-0.15, -0.1) is 0 Å². The van der Waals surface area contributed by atoms with E-state index in [0.717, 1.165) is 10.0 Å². The van der Waals surface area contributed by atoms with Crippen molar-refractivity contribution < 1.29 is 10.2 Å². The molecule has 92 valence electrons. The summed E-state index contributed by atoms with van der Waals surface area (Å²) in [5.41, 5.74) is 9.70. The number of hydrogen-bond donors (Lipinski definition) is 2. The Morgan fingerprint density at radius 3 is 2.82 bits per heavy atom. The molecule has 1 aromatic rings. The second kappa shape index (κ2) is 6.61. The molecule has 1 aromatic carbocycles. The van der Waals surface area contributed by atoms with Gasteiger partial charge >= 0.3 is 0 Å². The van der Waals surface area contributed by atoms with Crippen LogP contribution in [0.15, 0.2) is 27.8 Å². The lowest BCUT2D eigenvalue weighted by molar-refractivity contribution is 0.0146. The summed E-state index contributed by atoms with van der Waals surface area (Å²) < 4.78 is 0.847. The molecule has 0 amide bonds. The van der Waals surface area contributed by atoms with Crippen molar-refractivity contribution in [1.82, 2.24) is 0 Å². The summed E-state index contributed by atoms with van der Waals surface area (Å²) in [5, 5.41) is 23.1. The maximum atomic E-state index is 9.99. The largest absolute Gasteiger partial charge is 0.390 e. The third kappa shape index (κ3) is 4.02. The number of nitrogens with zero attached hydrogens (tertiary/aromatic N) is 3. The number of azide groups is 1. The van der Waals surface area contributed by atoms with Crippen molar-refractivity contribution in [3.63, 3.8) is 0 Å². The van der Waals surface area contributed by atoms with Crippen LogP contribution in [0.3, 0.4) is 0 Å². The van der Waals surface area contributed by atoms with Crippen LogP contribution in [-0.2, 0) is 0 Å². The molecular formula is C11H14BrN3O2. The van der Waals surface area contributed by atoms with Gasteiger partial charge in [-0.25, -0.2) is 0 Å². The van der Waals surface area contributed by atoms with Gasteiger partial charge in [0.25, 0.3) is 0 Å². The molecule has 0 aliphatic carbocycles. The Morgan fingerprint density at radius 2 is 2.18 bits per heavy atom. The molecule has 2 atom stereocenters. The zero-order chi connectivity index (χ0) is 12.8. The van der Waals surface area contributed by atoms with Gasteiger partial charge in [0.15, 0.2) is 0 Å². The van der Waals surface area contributed by atoms with E-state index < -0.39 is 12.2 Å². The fraction of sp³-hybridized carbons (Fsp3) is 0.455. The van der Waals surface area contributed by atoms with E-state index in [2.05, 4.69) is 26.0 Å². The molecule has 0 spiro atoms. The van der Waals surface area contributed by atoms with Crippen molar-refractivity contribution in [3.8, 4) is 0 Å². The average molecular weight is 300 g/mol. The first-order valence-corrected chi connectivity index (χ1v) is 5.98. The zero-order valence-corrected chi connectivity index (χ0v) is 11.0. The average Bonchev–Trinajstić information content (AvgIpc) is 2.31. The molecule has 0 saturated heterocycles. The highest BCUT2D eigenvalue weighted by molar-refractivity contribution is 9.10. The first kappa shape index (κ1) is 14.0. The Labute approximate surface area is 108 Å². The van der Waals surface area contributed by atoms with E-state index in [4.69, 9.17) is 5.53 Å². The minimum Gasteiger partial charge on any atom is -0.390 e. The van der Waals surface area contributed by atoms with E-state index in [0.29, 0.717) is 5.56 Å². The summed E-state index contributed by atoms with van der Waals surface area (Å²) in [6.07, 6.45) is -1.67. The van der Waals surface area contributed by atoms with Crippen LogP contribution in [0.4, 0.5) is 0 Å². The number of halogens is 1. The normalized spacial score (nSPS) is 13.9. The lowest BCUT2D eigenvalue weighted by Crippen LogP contribution is -2.20. The van der Waals surface area contributed by atoms with Gasteiger partial charge in [-0.05, 0) is 42.1 Å². The molecule has 0 bridgehead atoms. The van der Waals surface area contributed by atoms with Gasteiger partial charge in [-0.3, -0.25) is 0 Å². The molecule has 0 aliphatic heterocycles. The highest BCUT2D eigenvalue weighted by Gasteiger charge is 2.19. The molecule has 6 heteroatoms. The Morgan fingerprint density at radius 1 is 1.47 bits per heavy atom. The minimum absolute atomic E-state index is 0.168. The molecular weight excluding hydrogens is 286 g/mol. The molecule has 0 fully saturated rings. The van der Waals surface area contributed by atoms with E-state index in [1.54, 1.807) is 6.07 Å². The first-order chi connectivity index (χ1) is 8.06. The SMILES string of the molecule is Cc1ccc(Br)cc1C(O)C(O)CCN=[N+]=[N-]. The summed E-state index contributed by atoms with van der Waals surface area (Å²) in [7, 11) is 0. The number of aryl methyl sites for hydroxylation is 1. The number of rotatable bonds is 5. The highest BCUT2D eigenvalue weighted by atomic mass is 79.9. The van der Waals surface area contributed by atoms with Crippen molar-refractivity contribution in [2.24, 2.45) is 5.11 Å². The van der Waals surface area contributed by atoms with Crippen LogP contribution in [0, 0.1) is 6.92 Å². The van der Waals surface area contributed by atoms with Gasteiger partial charge in [0.1, 0.15) is 6.10 Å². The highest BCUT2D eigenvalue weighted by Crippen LogP contribution is 2.25. The summed E-state index contributed by atoms with van der Waals surface area (Å²) in [6, 6.07) is 5.51. The maximum absolute atomic E-state index is 9.99. The van der Waals surface area contributed by atoms with Gasteiger partial charge in [-0.2, -0.15) is 0 Å². The van der Waals surface area contributed by atoms with Gasteiger partial charge < -0.3 is 10.2 Å². The summed E-state index contributed by atoms with van der Waals surface area (Å²) in [5.74, 6) is 0. The van der Waals surface area contributed by atoms with Crippen LogP contribution in [0.2, 0.25) is 0 Å². The van der Waals surface area contributed by atoms with Crippen molar-refractivity contribution in [2.45, 2.75) is 25.6 Å². The van der Waals surface area contributed by atoms with Crippen molar-refractivity contribution >= 4 is 15.9 Å². The second-order valence-corrected chi connectivity index (χ2v) is 4.67. The Bertz CT molecular complexity index is 433. The predicted octanol–water partition coefficient (Wildman–Crippen LogP) is 2.85. The van der Waals surface area contributed by atoms with Crippen LogP contribution in [0.25, 0.3) is 10.4 Å². The Hall–Kier alpha value is -1.07. The predicted molar refractivity (Wildman–Crippen MR) is 68.5 cm³/mol. The number of aliphatic hydroxyl groups is 2. The van der Waals surface area contributed by atoms with E-state index in [1.807, 2.05) is 19.1 Å². The van der Waals surface area contributed by atoms with Gasteiger partial charge in [0, 0.05) is 15.9 Å². The molecule has 0 aromatic heterocycles. The fourth-order valence-corrected chi connectivity index (χ4v) is 1.91. The minimum atomic E-state index is -0.971. The molecule has 0 saturated carbocycles. The fourth-order valence-electron chi connectivity index (χ4n) is 1.53. The molecule has 0 heterocycles. The second-order valence-electron chi connectivity index (χ2n) is 3.76. The lowest BCUT2D eigenvalue weighted by atomic mass is 9.98. The number of aliphatic hydroxyl groups excluding tert-OH is 2. The molecule has 5 nitrogen and oxygen atoms in total. The van der Waals surface area contributed by atoms with Crippen LogP contribution in [0.5, 0.6) is 0 Å². The number of benzene rings is 1. The van der Waals surface area contributed by atoms with E-state index in [1.165, 1.54) is 0 Å². The van der Waals surface area contributed by atoms with Crippen LogP contribution < -0.4 is 0 Å². The van der Waals surface area contributed by atoms with Crippen LogP contribution in [-0.4, -0.2) is 22.9 Å². The Balaban J connectivity index is 2.76. The zero-order valence-electron chi connectivity index (χ0n) is 9.41. The van der Waals surface area contributed by atoms with Gasteiger partial charge in [0.05, 0.1) is 6.10 Å². The lowest BCUT2D eigenvalue weighted by Gasteiger charge is -2.19. The summed E-state index contributed by atoms with van der Waals surface area (Å²) in [6.45, 7) is 2.03. The van der Waals surface area contributed by atoms with Crippen LogP contribution >= 0.6 is 15.9 Å². The maximum Gasteiger partial charge on any atom is 0.105 e. The van der Waals surface area contributed by atoms with Gasteiger partial charge in [0.2, 0.25) is 0 Å². The molecule has 1 rings (SSSR count). The number of hydrogen-bond acceptors (Lipinski definition) is 3. The van der Waals surface area contributed by atoms with Gasteiger partial charge in [-0.1, -0.05) is 27.1 Å². The topological polar surface area (TPSA) is 89.2 Å². The smallest absolute Gasteiger partial charge is 0.105 e. The molecule has 2 N–H and O–H groups in total. The standard InChI is InChI=1S/C11H14BrN3O2/c1-7-2-3-8(12)6-9(7)11(17)10(16)4-5-14-15-13/h2-3,6,10-11,16-17H,4-5H2,1H3. The summed E-state index contributed by atoms with van der Waals surface area (Å²) >= 11 is 3.32. The molecule has 0 radical (unpaired) electrons. The van der Waals surface area contributed by atoms with Crippen molar-refractivity contribution in [3.05, 3.63) is 44.2 Å². The van der Waals surface area contributed by atoms with Crippen molar-refractivity contribution in [1.29, 1.82) is 0 Å². The van der Waals surface area contributed by atoms with Crippen molar-refractivity contribution in [2.75, 3.05) is 6.54 Å². The molecule has 2 unspecified atom stereocenters. The quantitative estimate of drug-likeness (QED) is 0.497. The first-order valence-electron chi connectivity index (χ1n) is 5.19. The van der Waals surface area contributed by atoms with Crippen LogP contribution in [0.1, 0.15) is 23.7 Å². The van der Waals surface area contributed by atoms with E-state index in [9.17, 15) is 10.2 Å². The summed E-state index contributed by atoms with van der Waals surface area (Å²) in [4.78, 5) is 2.60. The third-order valence-electron chi connectivity index (χ3n) is 2.51. The molecule has 17 heavy (non-hydrogen) atoms. The van der Waals surface area contributed by atoms with E-state index >= 15 is 0 Å². The third-order valence-corrected chi connectivity index (χ3v) is 3.01. The molecule has 0 aliphatic rings. The Kier molecular flexibility index (Phi) is 5.44.